The highest BCUT2D eigenvalue weighted by atomic mass is 35.5. The minimum absolute atomic E-state index is 0. The number of likely N-dealkylation sites (tertiary alicyclic amines) is 1. The van der Waals surface area contributed by atoms with Crippen LogP contribution in [0.3, 0.4) is 0 Å². The van der Waals surface area contributed by atoms with E-state index in [0.29, 0.717) is 27.1 Å². The summed E-state index contributed by atoms with van der Waals surface area (Å²) in [4.78, 5) is 11.8. The standard InChI is InChI=1S/C21H22Cl3N5.ClH/c1-2-29-7-3-4-16(12-29)25-20-18-11-13(22)5-6-19(18)27-21(28-20)26-17-9-14(23)8-15(24)10-17;/h5-6,8-11,16H,2-4,7,12H2,1H3,(H2,25,26,27,28);1H. The molecule has 160 valence electrons. The van der Waals surface area contributed by atoms with E-state index in [1.165, 1.54) is 6.42 Å². The van der Waals surface area contributed by atoms with Gasteiger partial charge in [-0.05, 0) is 62.3 Å². The van der Waals surface area contributed by atoms with Crippen LogP contribution in [0.4, 0.5) is 17.5 Å². The Labute approximate surface area is 197 Å². The van der Waals surface area contributed by atoms with Crippen LogP contribution in [0.5, 0.6) is 0 Å². The average Bonchev–Trinajstić information content (AvgIpc) is 2.68. The molecule has 1 aromatic heterocycles. The van der Waals surface area contributed by atoms with E-state index in [0.717, 1.165) is 48.5 Å². The van der Waals surface area contributed by atoms with Crippen LogP contribution in [-0.2, 0) is 0 Å². The summed E-state index contributed by atoms with van der Waals surface area (Å²) in [5, 5.41) is 9.50. The molecule has 0 spiro atoms. The van der Waals surface area contributed by atoms with E-state index in [-0.39, 0.29) is 12.4 Å². The second-order valence-corrected chi connectivity index (χ2v) is 8.53. The molecule has 2 heterocycles. The number of nitrogens with one attached hydrogen (secondary N) is 2. The van der Waals surface area contributed by atoms with E-state index in [9.17, 15) is 0 Å². The second-order valence-electron chi connectivity index (χ2n) is 7.22. The van der Waals surface area contributed by atoms with Gasteiger partial charge in [0.2, 0.25) is 5.95 Å². The first-order valence-electron chi connectivity index (χ1n) is 9.69. The highest BCUT2D eigenvalue weighted by Gasteiger charge is 2.20. The van der Waals surface area contributed by atoms with E-state index in [4.69, 9.17) is 39.8 Å². The molecule has 9 heteroatoms. The number of halogens is 4. The molecule has 2 aromatic carbocycles. The normalized spacial score (nSPS) is 16.9. The van der Waals surface area contributed by atoms with Crippen LogP contribution < -0.4 is 10.6 Å². The second kappa shape index (κ2) is 10.2. The molecule has 1 aliphatic rings. The van der Waals surface area contributed by atoms with Crippen molar-refractivity contribution in [2.24, 2.45) is 0 Å². The Morgan fingerprint density at radius 2 is 1.80 bits per heavy atom. The molecular formula is C21H23Cl4N5. The lowest BCUT2D eigenvalue weighted by Gasteiger charge is -2.32. The first kappa shape index (κ1) is 23.2. The van der Waals surface area contributed by atoms with Crippen molar-refractivity contribution in [2.45, 2.75) is 25.8 Å². The molecule has 0 bridgehead atoms. The van der Waals surface area contributed by atoms with Gasteiger partial charge < -0.3 is 15.5 Å². The number of anilines is 3. The van der Waals surface area contributed by atoms with Crippen molar-refractivity contribution in [3.8, 4) is 0 Å². The van der Waals surface area contributed by atoms with Crippen LogP contribution >= 0.6 is 47.2 Å². The Hall–Kier alpha value is -1.50. The Kier molecular flexibility index (Phi) is 7.88. The van der Waals surface area contributed by atoms with E-state index in [2.05, 4.69) is 27.4 Å². The summed E-state index contributed by atoms with van der Waals surface area (Å²) in [5.41, 5.74) is 1.54. The maximum absolute atomic E-state index is 6.25. The molecule has 3 aromatic rings. The van der Waals surface area contributed by atoms with Gasteiger partial charge in [-0.3, -0.25) is 0 Å². The number of benzene rings is 2. The highest BCUT2D eigenvalue weighted by Crippen LogP contribution is 2.29. The van der Waals surface area contributed by atoms with Gasteiger partial charge >= 0.3 is 0 Å². The molecule has 1 aliphatic heterocycles. The molecule has 2 N–H and O–H groups in total. The summed E-state index contributed by atoms with van der Waals surface area (Å²) in [5.74, 6) is 1.25. The van der Waals surface area contributed by atoms with Crippen molar-refractivity contribution in [2.75, 3.05) is 30.3 Å². The van der Waals surface area contributed by atoms with Crippen molar-refractivity contribution in [3.05, 3.63) is 51.5 Å². The Morgan fingerprint density at radius 1 is 1.03 bits per heavy atom. The number of hydrogen-bond donors (Lipinski definition) is 2. The van der Waals surface area contributed by atoms with Crippen molar-refractivity contribution in [1.29, 1.82) is 0 Å². The number of nitrogens with zero attached hydrogens (tertiary/aromatic N) is 3. The van der Waals surface area contributed by atoms with Crippen LogP contribution in [0.2, 0.25) is 15.1 Å². The third kappa shape index (κ3) is 5.59. The number of rotatable bonds is 5. The SMILES string of the molecule is CCN1CCCC(Nc2nc(Nc3cc(Cl)cc(Cl)c3)nc3ccc(Cl)cc23)C1.Cl. The number of fused-ring (bicyclic) bond motifs is 1. The van der Waals surface area contributed by atoms with Crippen LogP contribution in [0, 0.1) is 0 Å². The fourth-order valence-electron chi connectivity index (χ4n) is 3.68. The highest BCUT2D eigenvalue weighted by molar-refractivity contribution is 6.35. The minimum atomic E-state index is 0. The van der Waals surface area contributed by atoms with Gasteiger partial charge in [0.15, 0.2) is 0 Å². The van der Waals surface area contributed by atoms with Crippen LogP contribution in [0.15, 0.2) is 36.4 Å². The lowest BCUT2D eigenvalue weighted by Crippen LogP contribution is -2.42. The zero-order chi connectivity index (χ0) is 20.4. The Bertz CT molecular complexity index is 1010. The first-order chi connectivity index (χ1) is 14.0. The molecule has 1 fully saturated rings. The summed E-state index contributed by atoms with van der Waals surface area (Å²) in [6.45, 7) is 5.39. The minimum Gasteiger partial charge on any atom is -0.365 e. The predicted octanol–water partition coefficient (Wildman–Crippen LogP) is 6.65. The van der Waals surface area contributed by atoms with Gasteiger partial charge in [-0.15, -0.1) is 12.4 Å². The molecule has 1 unspecified atom stereocenters. The van der Waals surface area contributed by atoms with Gasteiger partial charge in [-0.2, -0.15) is 4.98 Å². The zero-order valence-electron chi connectivity index (χ0n) is 16.5. The molecule has 4 rings (SSSR count). The molecule has 1 atom stereocenters. The van der Waals surface area contributed by atoms with Crippen molar-refractivity contribution < 1.29 is 0 Å². The lowest BCUT2D eigenvalue weighted by atomic mass is 10.1. The molecule has 0 aliphatic carbocycles. The zero-order valence-corrected chi connectivity index (χ0v) is 19.5. The van der Waals surface area contributed by atoms with Gasteiger partial charge in [0.05, 0.1) is 5.52 Å². The van der Waals surface area contributed by atoms with Gasteiger partial charge in [0.1, 0.15) is 5.82 Å². The van der Waals surface area contributed by atoms with E-state index < -0.39 is 0 Å². The maximum atomic E-state index is 6.25. The molecule has 5 nitrogen and oxygen atoms in total. The first-order valence-corrected chi connectivity index (χ1v) is 10.8. The smallest absolute Gasteiger partial charge is 0.229 e. The summed E-state index contributed by atoms with van der Waals surface area (Å²) >= 11 is 18.5. The summed E-state index contributed by atoms with van der Waals surface area (Å²) in [6, 6.07) is 11.2. The third-order valence-corrected chi connectivity index (χ3v) is 5.74. The topological polar surface area (TPSA) is 53.1 Å². The van der Waals surface area contributed by atoms with Crippen LogP contribution in [-0.4, -0.2) is 40.5 Å². The average molecular weight is 487 g/mol. The number of piperidine rings is 1. The predicted molar refractivity (Wildman–Crippen MR) is 130 cm³/mol. The molecule has 0 amide bonds. The number of hydrogen-bond acceptors (Lipinski definition) is 5. The van der Waals surface area contributed by atoms with Gasteiger partial charge in [0, 0.05) is 38.7 Å². The van der Waals surface area contributed by atoms with E-state index in [1.807, 2.05) is 18.2 Å². The maximum Gasteiger partial charge on any atom is 0.229 e. The van der Waals surface area contributed by atoms with Crippen LogP contribution in [0.25, 0.3) is 10.9 Å². The molecule has 0 radical (unpaired) electrons. The quantitative estimate of drug-likeness (QED) is 0.422. The van der Waals surface area contributed by atoms with Gasteiger partial charge in [-0.1, -0.05) is 41.7 Å². The molecular weight excluding hydrogens is 464 g/mol. The van der Waals surface area contributed by atoms with Crippen molar-refractivity contribution in [3.63, 3.8) is 0 Å². The summed E-state index contributed by atoms with van der Waals surface area (Å²) in [7, 11) is 0. The Morgan fingerprint density at radius 3 is 2.53 bits per heavy atom. The molecule has 0 saturated carbocycles. The monoisotopic (exact) mass is 485 g/mol. The fourth-order valence-corrected chi connectivity index (χ4v) is 4.37. The van der Waals surface area contributed by atoms with Crippen molar-refractivity contribution >= 4 is 75.6 Å². The largest absolute Gasteiger partial charge is 0.365 e. The number of likely N-dealkylation sites (N-methyl/N-ethyl adjacent to an activating group) is 1. The van der Waals surface area contributed by atoms with Crippen LogP contribution in [0.1, 0.15) is 19.8 Å². The molecule has 1 saturated heterocycles. The van der Waals surface area contributed by atoms with E-state index in [1.54, 1.807) is 18.2 Å². The lowest BCUT2D eigenvalue weighted by molar-refractivity contribution is 0.226. The number of aromatic nitrogens is 2. The Balaban J connectivity index is 0.00000256. The van der Waals surface area contributed by atoms with E-state index >= 15 is 0 Å². The van der Waals surface area contributed by atoms with Gasteiger partial charge in [0.25, 0.3) is 0 Å². The molecule has 30 heavy (non-hydrogen) atoms. The van der Waals surface area contributed by atoms with Gasteiger partial charge in [-0.25, -0.2) is 4.98 Å². The summed E-state index contributed by atoms with van der Waals surface area (Å²) in [6.07, 6.45) is 2.27. The van der Waals surface area contributed by atoms with Crippen molar-refractivity contribution in [1.82, 2.24) is 14.9 Å². The third-order valence-electron chi connectivity index (χ3n) is 5.07. The fraction of sp³-hybridized carbons (Fsp3) is 0.333. The summed E-state index contributed by atoms with van der Waals surface area (Å²) < 4.78 is 0.